The molecule has 1 aliphatic rings. The molecule has 1 N–H and O–H groups in total. The number of fused-ring (bicyclic) bond motifs is 1. The van der Waals surface area contributed by atoms with Crippen molar-refractivity contribution in [3.8, 4) is 0 Å². The van der Waals surface area contributed by atoms with Gasteiger partial charge < -0.3 is 10.2 Å². The predicted octanol–water partition coefficient (Wildman–Crippen LogP) is 1.91. The Bertz CT molecular complexity index is 736. The number of rotatable bonds is 4. The minimum Gasteiger partial charge on any atom is -0.347 e. The van der Waals surface area contributed by atoms with Crippen LogP contribution in [0.5, 0.6) is 0 Å². The lowest BCUT2D eigenvalue weighted by Gasteiger charge is -2.28. The topological polar surface area (TPSA) is 50.2 Å². The van der Waals surface area contributed by atoms with Crippen molar-refractivity contribution in [2.75, 3.05) is 14.1 Å². The SMILES string of the molecule is CN(C)[C@H]1CCc2c(c(C(=O)NCc3ccc(F)cc3)nn2C)C1. The van der Waals surface area contributed by atoms with Gasteiger partial charge in [-0.3, -0.25) is 9.48 Å². The summed E-state index contributed by atoms with van der Waals surface area (Å²) < 4.78 is 14.8. The van der Waals surface area contributed by atoms with E-state index in [0.29, 0.717) is 18.3 Å². The summed E-state index contributed by atoms with van der Waals surface area (Å²) in [5.74, 6) is -0.450. The highest BCUT2D eigenvalue weighted by molar-refractivity contribution is 5.94. The van der Waals surface area contributed by atoms with Crippen molar-refractivity contribution in [2.45, 2.75) is 31.8 Å². The molecular formula is C18H23FN4O. The van der Waals surface area contributed by atoms with Crippen LogP contribution in [0.25, 0.3) is 0 Å². The van der Waals surface area contributed by atoms with E-state index < -0.39 is 0 Å². The van der Waals surface area contributed by atoms with Crippen LogP contribution in [0.2, 0.25) is 0 Å². The van der Waals surface area contributed by atoms with Crippen molar-refractivity contribution in [1.29, 1.82) is 0 Å². The molecule has 1 aromatic heterocycles. The van der Waals surface area contributed by atoms with E-state index in [1.165, 1.54) is 12.1 Å². The number of amides is 1. The van der Waals surface area contributed by atoms with Crippen molar-refractivity contribution in [3.63, 3.8) is 0 Å². The van der Waals surface area contributed by atoms with Crippen LogP contribution in [0.1, 0.15) is 33.7 Å². The van der Waals surface area contributed by atoms with E-state index in [4.69, 9.17) is 0 Å². The molecular weight excluding hydrogens is 307 g/mol. The van der Waals surface area contributed by atoms with E-state index in [9.17, 15) is 9.18 Å². The molecule has 0 fully saturated rings. The third kappa shape index (κ3) is 3.33. The molecule has 0 spiro atoms. The number of hydrogen-bond donors (Lipinski definition) is 1. The molecule has 0 unspecified atom stereocenters. The van der Waals surface area contributed by atoms with Gasteiger partial charge in [-0.25, -0.2) is 4.39 Å². The van der Waals surface area contributed by atoms with Gasteiger partial charge >= 0.3 is 0 Å². The number of carbonyl (C=O) groups is 1. The molecule has 6 heteroatoms. The average molecular weight is 330 g/mol. The summed E-state index contributed by atoms with van der Waals surface area (Å²) in [6, 6.07) is 6.57. The van der Waals surface area contributed by atoms with Gasteiger partial charge in [0, 0.05) is 30.9 Å². The number of carbonyl (C=O) groups excluding carboxylic acids is 1. The molecule has 24 heavy (non-hydrogen) atoms. The van der Waals surface area contributed by atoms with E-state index in [1.807, 2.05) is 11.7 Å². The quantitative estimate of drug-likeness (QED) is 0.932. The van der Waals surface area contributed by atoms with Gasteiger partial charge in [-0.2, -0.15) is 5.10 Å². The maximum atomic E-state index is 12.9. The van der Waals surface area contributed by atoms with Crippen LogP contribution in [-0.2, 0) is 26.4 Å². The molecule has 2 aromatic rings. The standard InChI is InChI=1S/C18H23FN4O/c1-22(2)14-8-9-16-15(10-14)17(21-23(16)3)18(24)20-11-12-4-6-13(19)7-5-12/h4-7,14H,8-11H2,1-3H3,(H,20,24)/t14-/m0/s1. The molecule has 1 aromatic carbocycles. The van der Waals surface area contributed by atoms with Crippen molar-refractivity contribution in [2.24, 2.45) is 7.05 Å². The van der Waals surface area contributed by atoms with Crippen LogP contribution in [-0.4, -0.2) is 40.7 Å². The highest BCUT2D eigenvalue weighted by atomic mass is 19.1. The zero-order valence-corrected chi connectivity index (χ0v) is 14.3. The zero-order chi connectivity index (χ0) is 17.3. The first kappa shape index (κ1) is 16.6. The first-order chi connectivity index (χ1) is 11.5. The summed E-state index contributed by atoms with van der Waals surface area (Å²) in [5.41, 5.74) is 3.58. The predicted molar refractivity (Wildman–Crippen MR) is 90.3 cm³/mol. The number of nitrogens with zero attached hydrogens (tertiary/aromatic N) is 3. The molecule has 0 bridgehead atoms. The van der Waals surface area contributed by atoms with Gasteiger partial charge in [-0.15, -0.1) is 0 Å². The summed E-state index contributed by atoms with van der Waals surface area (Å²) in [6.07, 6.45) is 2.86. The van der Waals surface area contributed by atoms with Gasteiger partial charge in [0.25, 0.3) is 5.91 Å². The van der Waals surface area contributed by atoms with E-state index in [2.05, 4.69) is 29.4 Å². The van der Waals surface area contributed by atoms with Crippen molar-refractivity contribution in [1.82, 2.24) is 20.0 Å². The zero-order valence-electron chi connectivity index (χ0n) is 14.3. The number of nitrogens with one attached hydrogen (secondary N) is 1. The lowest BCUT2D eigenvalue weighted by molar-refractivity contribution is 0.0943. The average Bonchev–Trinajstić information content (AvgIpc) is 2.90. The largest absolute Gasteiger partial charge is 0.347 e. The Morgan fingerprint density at radius 1 is 1.38 bits per heavy atom. The number of likely N-dealkylation sites (N-methyl/N-ethyl adjacent to an activating group) is 1. The first-order valence-electron chi connectivity index (χ1n) is 8.19. The molecule has 128 valence electrons. The van der Waals surface area contributed by atoms with Crippen LogP contribution < -0.4 is 5.32 Å². The van der Waals surface area contributed by atoms with E-state index in [0.717, 1.165) is 36.1 Å². The van der Waals surface area contributed by atoms with E-state index >= 15 is 0 Å². The Morgan fingerprint density at radius 2 is 2.08 bits per heavy atom. The van der Waals surface area contributed by atoms with Crippen LogP contribution in [0, 0.1) is 5.82 Å². The van der Waals surface area contributed by atoms with Crippen molar-refractivity contribution in [3.05, 3.63) is 52.6 Å². The van der Waals surface area contributed by atoms with E-state index in [-0.39, 0.29) is 11.7 Å². The number of benzene rings is 1. The number of halogens is 1. The summed E-state index contributed by atoms with van der Waals surface area (Å²) in [5, 5.41) is 7.33. The Balaban J connectivity index is 1.74. The van der Waals surface area contributed by atoms with E-state index in [1.54, 1.807) is 12.1 Å². The molecule has 1 amide bonds. The Labute approximate surface area is 141 Å². The summed E-state index contributed by atoms with van der Waals surface area (Å²) >= 11 is 0. The van der Waals surface area contributed by atoms with Gasteiger partial charge in [0.15, 0.2) is 5.69 Å². The molecule has 1 aliphatic carbocycles. The maximum Gasteiger partial charge on any atom is 0.272 e. The molecule has 0 radical (unpaired) electrons. The second kappa shape index (κ2) is 6.73. The number of aryl methyl sites for hydroxylation is 1. The fourth-order valence-electron chi connectivity index (χ4n) is 3.26. The van der Waals surface area contributed by atoms with Crippen molar-refractivity contribution < 1.29 is 9.18 Å². The highest BCUT2D eigenvalue weighted by Crippen LogP contribution is 2.26. The van der Waals surface area contributed by atoms with Gasteiger partial charge in [0.05, 0.1) is 0 Å². The highest BCUT2D eigenvalue weighted by Gasteiger charge is 2.28. The van der Waals surface area contributed by atoms with Crippen LogP contribution in [0.4, 0.5) is 4.39 Å². The minimum atomic E-state index is -0.279. The maximum absolute atomic E-state index is 12.9. The number of aromatic nitrogens is 2. The normalized spacial score (nSPS) is 17.0. The Hall–Kier alpha value is -2.21. The van der Waals surface area contributed by atoms with Crippen LogP contribution >= 0.6 is 0 Å². The van der Waals surface area contributed by atoms with Gasteiger partial charge in [-0.05, 0) is 51.1 Å². The van der Waals surface area contributed by atoms with Gasteiger partial charge in [0.2, 0.25) is 0 Å². The molecule has 1 atom stereocenters. The third-order valence-electron chi connectivity index (χ3n) is 4.74. The lowest BCUT2D eigenvalue weighted by Crippen LogP contribution is -2.34. The first-order valence-corrected chi connectivity index (χ1v) is 8.19. The monoisotopic (exact) mass is 330 g/mol. The molecule has 1 heterocycles. The van der Waals surface area contributed by atoms with Crippen molar-refractivity contribution >= 4 is 5.91 Å². The van der Waals surface area contributed by atoms with Gasteiger partial charge in [-0.1, -0.05) is 12.1 Å². The summed E-state index contributed by atoms with van der Waals surface area (Å²) in [4.78, 5) is 14.8. The second-order valence-electron chi connectivity index (χ2n) is 6.57. The molecule has 5 nitrogen and oxygen atoms in total. The molecule has 3 rings (SSSR count). The van der Waals surface area contributed by atoms with Gasteiger partial charge in [0.1, 0.15) is 5.82 Å². The smallest absolute Gasteiger partial charge is 0.272 e. The fraction of sp³-hybridized carbons (Fsp3) is 0.444. The lowest BCUT2D eigenvalue weighted by atomic mass is 9.90. The summed E-state index contributed by atoms with van der Waals surface area (Å²) in [6.45, 7) is 0.363. The molecule has 0 saturated carbocycles. The third-order valence-corrected chi connectivity index (χ3v) is 4.74. The fourth-order valence-corrected chi connectivity index (χ4v) is 3.26. The molecule has 0 aliphatic heterocycles. The second-order valence-corrected chi connectivity index (χ2v) is 6.57. The molecule has 0 saturated heterocycles. The Kier molecular flexibility index (Phi) is 4.66. The Morgan fingerprint density at radius 3 is 2.75 bits per heavy atom. The minimum absolute atomic E-state index is 0.171. The number of hydrogen-bond acceptors (Lipinski definition) is 3. The summed E-state index contributed by atoms with van der Waals surface area (Å²) in [7, 11) is 6.03. The van der Waals surface area contributed by atoms with Crippen LogP contribution in [0.15, 0.2) is 24.3 Å². The van der Waals surface area contributed by atoms with Crippen LogP contribution in [0.3, 0.4) is 0 Å².